The largest absolute Gasteiger partial charge is 0.316 e. The lowest BCUT2D eigenvalue weighted by Crippen LogP contribution is -2.44. The van der Waals surface area contributed by atoms with Gasteiger partial charge >= 0.3 is 0 Å². The molecule has 0 radical (unpaired) electrons. The lowest BCUT2D eigenvalue weighted by Gasteiger charge is -2.26. The maximum atomic E-state index is 11.4. The molecule has 0 amide bonds. The summed E-state index contributed by atoms with van der Waals surface area (Å²) in [4.78, 5) is 0. The lowest BCUT2D eigenvalue weighted by atomic mass is 10.1. The molecule has 1 aliphatic rings. The molecule has 0 bridgehead atoms. The van der Waals surface area contributed by atoms with Crippen molar-refractivity contribution in [3.63, 3.8) is 0 Å². The zero-order valence-corrected chi connectivity index (χ0v) is 8.66. The molecule has 1 atom stereocenters. The molecular formula is C9H19NOS. The Morgan fingerprint density at radius 1 is 1.42 bits per heavy atom. The summed E-state index contributed by atoms with van der Waals surface area (Å²) in [5.41, 5.74) is 0. The Kier molecular flexibility index (Phi) is 4.84. The molecule has 1 rings (SSSR count). The fourth-order valence-corrected chi connectivity index (χ4v) is 2.78. The molecule has 1 N–H and O–H groups in total. The Balaban J connectivity index is 1.95. The van der Waals surface area contributed by atoms with Crippen molar-refractivity contribution in [1.29, 1.82) is 0 Å². The highest BCUT2D eigenvalue weighted by Gasteiger charge is 2.18. The van der Waals surface area contributed by atoms with Crippen LogP contribution in [0.25, 0.3) is 0 Å². The first-order valence-corrected chi connectivity index (χ1v) is 6.37. The molecule has 1 fully saturated rings. The summed E-state index contributed by atoms with van der Waals surface area (Å²) in [6, 6.07) is 0. The molecule has 3 heteroatoms. The summed E-state index contributed by atoms with van der Waals surface area (Å²) >= 11 is 0. The van der Waals surface area contributed by atoms with Gasteiger partial charge in [0.1, 0.15) is 0 Å². The minimum atomic E-state index is -0.540. The van der Waals surface area contributed by atoms with Gasteiger partial charge in [0.2, 0.25) is 0 Å². The Labute approximate surface area is 77.6 Å². The summed E-state index contributed by atoms with van der Waals surface area (Å²) < 4.78 is 11.4. The van der Waals surface area contributed by atoms with Crippen LogP contribution in [0.1, 0.15) is 26.2 Å². The van der Waals surface area contributed by atoms with Crippen molar-refractivity contribution in [1.82, 2.24) is 5.32 Å². The van der Waals surface area contributed by atoms with E-state index in [4.69, 9.17) is 0 Å². The van der Waals surface area contributed by atoms with E-state index in [1.54, 1.807) is 0 Å². The van der Waals surface area contributed by atoms with Crippen molar-refractivity contribution < 1.29 is 4.21 Å². The second-order valence-electron chi connectivity index (χ2n) is 3.54. The summed E-state index contributed by atoms with van der Waals surface area (Å²) in [7, 11) is -0.540. The smallest absolute Gasteiger partial charge is 0.0287 e. The van der Waals surface area contributed by atoms with Crippen LogP contribution in [0.3, 0.4) is 0 Å². The van der Waals surface area contributed by atoms with E-state index in [1.165, 1.54) is 12.8 Å². The number of hydrogen-bond acceptors (Lipinski definition) is 2. The number of unbranched alkanes of at least 4 members (excludes halogenated alkanes) is 2. The van der Waals surface area contributed by atoms with Gasteiger partial charge in [0.25, 0.3) is 0 Å². The van der Waals surface area contributed by atoms with Gasteiger partial charge in [0.05, 0.1) is 0 Å². The van der Waals surface area contributed by atoms with Crippen LogP contribution < -0.4 is 5.32 Å². The molecule has 2 nitrogen and oxygen atoms in total. The van der Waals surface area contributed by atoms with E-state index in [9.17, 15) is 4.21 Å². The number of hydrogen-bond donors (Lipinski definition) is 1. The fourth-order valence-electron chi connectivity index (χ4n) is 1.33. The van der Waals surface area contributed by atoms with Gasteiger partial charge in [-0.1, -0.05) is 19.8 Å². The third kappa shape index (κ3) is 3.68. The SMILES string of the molecule is CCCCCS(=O)CC1CNC1. The number of rotatable bonds is 6. The van der Waals surface area contributed by atoms with Gasteiger partial charge in [0.15, 0.2) is 0 Å². The summed E-state index contributed by atoms with van der Waals surface area (Å²) in [5, 5.41) is 3.20. The molecule has 0 aromatic rings. The third-order valence-electron chi connectivity index (χ3n) is 2.26. The molecule has 1 unspecified atom stereocenters. The van der Waals surface area contributed by atoms with E-state index >= 15 is 0 Å². The van der Waals surface area contributed by atoms with Gasteiger partial charge in [-0.05, 0) is 12.3 Å². The minimum absolute atomic E-state index is 0.540. The molecule has 0 aromatic carbocycles. The molecule has 72 valence electrons. The topological polar surface area (TPSA) is 29.1 Å². The first-order chi connectivity index (χ1) is 5.83. The summed E-state index contributed by atoms with van der Waals surface area (Å²) in [6.07, 6.45) is 3.60. The number of nitrogens with one attached hydrogen (secondary N) is 1. The van der Waals surface area contributed by atoms with Crippen molar-refractivity contribution in [3.05, 3.63) is 0 Å². The lowest BCUT2D eigenvalue weighted by molar-refractivity contribution is 0.382. The van der Waals surface area contributed by atoms with E-state index < -0.39 is 10.8 Å². The fraction of sp³-hybridized carbons (Fsp3) is 1.00. The van der Waals surface area contributed by atoms with Crippen molar-refractivity contribution in [2.75, 3.05) is 24.6 Å². The van der Waals surface area contributed by atoms with Crippen LogP contribution >= 0.6 is 0 Å². The highest BCUT2D eigenvalue weighted by atomic mass is 32.2. The quantitative estimate of drug-likeness (QED) is 0.635. The predicted octanol–water partition coefficient (Wildman–Crippen LogP) is 1.14. The monoisotopic (exact) mass is 189 g/mol. The normalized spacial score (nSPS) is 20.4. The molecule has 12 heavy (non-hydrogen) atoms. The molecule has 1 aliphatic heterocycles. The Bertz CT molecular complexity index is 145. The van der Waals surface area contributed by atoms with Gasteiger partial charge in [-0.15, -0.1) is 0 Å². The van der Waals surface area contributed by atoms with Crippen LogP contribution in [0.5, 0.6) is 0 Å². The third-order valence-corrected chi connectivity index (χ3v) is 3.85. The van der Waals surface area contributed by atoms with Crippen LogP contribution in [0.2, 0.25) is 0 Å². The van der Waals surface area contributed by atoms with E-state index in [2.05, 4.69) is 12.2 Å². The van der Waals surface area contributed by atoms with E-state index in [-0.39, 0.29) is 0 Å². The van der Waals surface area contributed by atoms with E-state index in [0.29, 0.717) is 5.92 Å². The molecule has 0 aromatic heterocycles. The van der Waals surface area contributed by atoms with Gasteiger partial charge in [-0.25, -0.2) is 0 Å². The van der Waals surface area contributed by atoms with Crippen molar-refractivity contribution in [2.24, 2.45) is 5.92 Å². The molecule has 0 aliphatic carbocycles. The van der Waals surface area contributed by atoms with Crippen molar-refractivity contribution >= 4 is 10.8 Å². The van der Waals surface area contributed by atoms with Crippen molar-refractivity contribution in [3.8, 4) is 0 Å². The van der Waals surface area contributed by atoms with Crippen LogP contribution in [-0.2, 0) is 10.8 Å². The van der Waals surface area contributed by atoms with E-state index in [0.717, 1.165) is 31.0 Å². The van der Waals surface area contributed by atoms with Gasteiger partial charge in [-0.2, -0.15) is 0 Å². The van der Waals surface area contributed by atoms with Crippen molar-refractivity contribution in [2.45, 2.75) is 26.2 Å². The molecule has 0 saturated carbocycles. The highest BCUT2D eigenvalue weighted by molar-refractivity contribution is 7.84. The first-order valence-electron chi connectivity index (χ1n) is 4.88. The summed E-state index contributed by atoms with van der Waals surface area (Å²) in [5.74, 6) is 2.55. The van der Waals surface area contributed by atoms with Crippen LogP contribution in [0.4, 0.5) is 0 Å². The first kappa shape index (κ1) is 10.2. The van der Waals surface area contributed by atoms with Gasteiger partial charge in [0, 0.05) is 35.4 Å². The average Bonchev–Trinajstić information content (AvgIpc) is 1.98. The van der Waals surface area contributed by atoms with Crippen LogP contribution in [0, 0.1) is 5.92 Å². The van der Waals surface area contributed by atoms with Gasteiger partial charge in [-0.3, -0.25) is 4.21 Å². The maximum Gasteiger partial charge on any atom is 0.0287 e. The second-order valence-corrected chi connectivity index (χ2v) is 5.16. The standard InChI is InChI=1S/C9H19NOS/c1-2-3-4-5-12(11)8-9-6-10-7-9/h9-10H,2-8H2,1H3. The Hall–Kier alpha value is 0.110. The average molecular weight is 189 g/mol. The van der Waals surface area contributed by atoms with E-state index in [1.807, 2.05) is 0 Å². The molecule has 1 heterocycles. The van der Waals surface area contributed by atoms with Crippen LogP contribution in [-0.4, -0.2) is 28.8 Å². The second kappa shape index (κ2) is 5.70. The minimum Gasteiger partial charge on any atom is -0.316 e. The maximum absolute atomic E-state index is 11.4. The molecule has 1 saturated heterocycles. The predicted molar refractivity (Wildman–Crippen MR) is 53.8 cm³/mol. The Morgan fingerprint density at radius 2 is 2.17 bits per heavy atom. The zero-order valence-electron chi connectivity index (χ0n) is 7.84. The summed E-state index contributed by atoms with van der Waals surface area (Å²) in [6.45, 7) is 4.35. The van der Waals surface area contributed by atoms with Crippen LogP contribution in [0.15, 0.2) is 0 Å². The zero-order chi connectivity index (χ0) is 8.81. The Morgan fingerprint density at radius 3 is 2.67 bits per heavy atom. The highest BCUT2D eigenvalue weighted by Crippen LogP contribution is 2.06. The molecule has 0 spiro atoms. The van der Waals surface area contributed by atoms with Gasteiger partial charge < -0.3 is 5.32 Å². The molecular weight excluding hydrogens is 170 g/mol.